The van der Waals surface area contributed by atoms with Crippen LogP contribution >= 0.6 is 0 Å². The number of fused-ring (bicyclic) bond motifs is 1. The number of halogens is 1. The van der Waals surface area contributed by atoms with Gasteiger partial charge in [-0.2, -0.15) is 5.10 Å². The Bertz CT molecular complexity index is 1420. The van der Waals surface area contributed by atoms with E-state index >= 15 is 0 Å². The molecule has 0 bridgehead atoms. The van der Waals surface area contributed by atoms with Crippen LogP contribution in [0.25, 0.3) is 22.0 Å². The highest BCUT2D eigenvalue weighted by Crippen LogP contribution is 2.25. The van der Waals surface area contributed by atoms with Crippen molar-refractivity contribution in [3.8, 4) is 11.1 Å². The maximum Gasteiger partial charge on any atom is 0.253 e. The third kappa shape index (κ3) is 5.39. The number of likely N-dealkylation sites (tertiary alicyclic amines) is 1. The summed E-state index contributed by atoms with van der Waals surface area (Å²) in [7, 11) is 1.60. The van der Waals surface area contributed by atoms with E-state index in [1.165, 1.54) is 12.1 Å². The maximum atomic E-state index is 13.2. The van der Waals surface area contributed by atoms with Gasteiger partial charge >= 0.3 is 0 Å². The highest BCUT2D eigenvalue weighted by Gasteiger charge is 2.31. The molecular formula is C29H29FN4O3. The second kappa shape index (κ2) is 10.5. The second-order valence-corrected chi connectivity index (χ2v) is 9.49. The van der Waals surface area contributed by atoms with Crippen LogP contribution in [-0.4, -0.2) is 59.8 Å². The van der Waals surface area contributed by atoms with Gasteiger partial charge in [-0.15, -0.1) is 0 Å². The lowest BCUT2D eigenvalue weighted by atomic mass is 9.98. The molecule has 37 heavy (non-hydrogen) atoms. The maximum absolute atomic E-state index is 13.2. The molecular weight excluding hydrogens is 471 g/mol. The zero-order valence-electron chi connectivity index (χ0n) is 20.9. The first-order valence-corrected chi connectivity index (χ1v) is 12.3. The van der Waals surface area contributed by atoms with Crippen LogP contribution in [0.4, 0.5) is 4.39 Å². The van der Waals surface area contributed by atoms with Crippen molar-refractivity contribution < 1.29 is 18.7 Å². The lowest BCUT2D eigenvalue weighted by Crippen LogP contribution is -2.51. The minimum atomic E-state index is -0.271. The zero-order chi connectivity index (χ0) is 25.9. The van der Waals surface area contributed by atoms with Crippen LogP contribution in [0.3, 0.4) is 0 Å². The standard InChI is InChI=1S/C29H29FN4O3/c1-19-13-27-24(14-26(19)28(35)31-11-12-37-2)18-34(32-27)17-20-15-33(16-20)29(36)23-5-3-21(4-6-23)22-7-9-25(30)10-8-22/h3-10,13-14,18,20H,11-12,15-17H2,1-2H3,(H,31,35). The number of amides is 2. The summed E-state index contributed by atoms with van der Waals surface area (Å²) in [5.41, 5.74) is 4.84. The Morgan fingerprint density at radius 1 is 1.05 bits per heavy atom. The van der Waals surface area contributed by atoms with Gasteiger partial charge in [-0.1, -0.05) is 24.3 Å². The molecule has 8 heteroatoms. The van der Waals surface area contributed by atoms with Crippen molar-refractivity contribution in [1.29, 1.82) is 0 Å². The number of methoxy groups -OCH3 is 1. The molecule has 2 heterocycles. The molecule has 1 aliphatic rings. The lowest BCUT2D eigenvalue weighted by molar-refractivity contribution is 0.0462. The SMILES string of the molecule is COCCNC(=O)c1cc2cn(CC3CN(C(=O)c4ccc(-c5ccc(F)cc5)cc4)C3)nc2cc1C. The van der Waals surface area contributed by atoms with Crippen LogP contribution in [0.5, 0.6) is 0 Å². The van der Waals surface area contributed by atoms with Crippen molar-refractivity contribution in [3.63, 3.8) is 0 Å². The molecule has 3 aromatic carbocycles. The Hall–Kier alpha value is -4.04. The Morgan fingerprint density at radius 2 is 1.73 bits per heavy atom. The Labute approximate surface area is 214 Å². The van der Waals surface area contributed by atoms with Crippen LogP contribution in [-0.2, 0) is 11.3 Å². The van der Waals surface area contributed by atoms with Gasteiger partial charge in [-0.05, 0) is 60.0 Å². The largest absolute Gasteiger partial charge is 0.383 e. The fraction of sp³-hybridized carbons (Fsp3) is 0.276. The van der Waals surface area contributed by atoms with Gasteiger partial charge in [-0.3, -0.25) is 14.3 Å². The third-order valence-corrected chi connectivity index (χ3v) is 6.73. The van der Waals surface area contributed by atoms with E-state index in [0.29, 0.717) is 49.8 Å². The molecule has 1 N–H and O–H groups in total. The van der Waals surface area contributed by atoms with Gasteiger partial charge in [0, 0.05) is 61.9 Å². The van der Waals surface area contributed by atoms with Crippen LogP contribution in [0.1, 0.15) is 26.3 Å². The fourth-order valence-corrected chi connectivity index (χ4v) is 4.67. The summed E-state index contributed by atoms with van der Waals surface area (Å²) in [6, 6.07) is 17.5. The first-order chi connectivity index (χ1) is 17.9. The molecule has 0 unspecified atom stereocenters. The molecule has 1 fully saturated rings. The van der Waals surface area contributed by atoms with E-state index in [4.69, 9.17) is 4.74 Å². The van der Waals surface area contributed by atoms with E-state index in [1.54, 1.807) is 19.2 Å². The molecule has 190 valence electrons. The van der Waals surface area contributed by atoms with Crippen LogP contribution in [0.2, 0.25) is 0 Å². The van der Waals surface area contributed by atoms with Gasteiger partial charge in [0.2, 0.25) is 0 Å². The second-order valence-electron chi connectivity index (χ2n) is 9.49. The van der Waals surface area contributed by atoms with E-state index in [0.717, 1.165) is 27.6 Å². The smallest absolute Gasteiger partial charge is 0.253 e. The van der Waals surface area contributed by atoms with Gasteiger partial charge in [0.05, 0.1) is 12.1 Å². The summed E-state index contributed by atoms with van der Waals surface area (Å²) in [6.45, 7) is 4.87. The number of benzene rings is 3. The third-order valence-electron chi connectivity index (χ3n) is 6.73. The molecule has 0 spiro atoms. The lowest BCUT2D eigenvalue weighted by Gasteiger charge is -2.39. The van der Waals surface area contributed by atoms with Crippen molar-refractivity contribution in [2.45, 2.75) is 13.5 Å². The number of aryl methyl sites for hydroxylation is 1. The predicted molar refractivity (Wildman–Crippen MR) is 140 cm³/mol. The predicted octanol–water partition coefficient (Wildman–Crippen LogP) is 4.30. The van der Waals surface area contributed by atoms with Crippen molar-refractivity contribution in [1.82, 2.24) is 20.0 Å². The summed E-state index contributed by atoms with van der Waals surface area (Å²) >= 11 is 0. The Balaban J connectivity index is 1.18. The van der Waals surface area contributed by atoms with E-state index in [1.807, 2.05) is 59.1 Å². The number of ether oxygens (including phenoxy) is 1. The first-order valence-electron chi connectivity index (χ1n) is 12.3. The summed E-state index contributed by atoms with van der Waals surface area (Å²) in [6.07, 6.45) is 1.96. The molecule has 5 rings (SSSR count). The van der Waals surface area contributed by atoms with E-state index in [-0.39, 0.29) is 17.6 Å². The number of nitrogens with zero attached hydrogens (tertiary/aromatic N) is 3. The number of aromatic nitrogens is 2. The molecule has 0 aliphatic carbocycles. The van der Waals surface area contributed by atoms with Gasteiger partial charge in [0.25, 0.3) is 11.8 Å². The summed E-state index contributed by atoms with van der Waals surface area (Å²) in [5, 5.41) is 8.46. The number of carbonyl (C=O) groups is 2. The van der Waals surface area contributed by atoms with Crippen molar-refractivity contribution >= 4 is 22.7 Å². The van der Waals surface area contributed by atoms with Crippen molar-refractivity contribution in [3.05, 3.63) is 89.4 Å². The highest BCUT2D eigenvalue weighted by atomic mass is 19.1. The van der Waals surface area contributed by atoms with Gasteiger partial charge in [0.15, 0.2) is 0 Å². The Kier molecular flexibility index (Phi) is 7.01. The van der Waals surface area contributed by atoms with E-state index in [2.05, 4.69) is 10.4 Å². The average Bonchev–Trinajstić information content (AvgIpc) is 3.27. The summed E-state index contributed by atoms with van der Waals surface area (Å²) < 4.78 is 20.1. The minimum Gasteiger partial charge on any atom is -0.383 e. The molecule has 1 aromatic heterocycles. The molecule has 7 nitrogen and oxygen atoms in total. The quantitative estimate of drug-likeness (QED) is 0.366. The molecule has 1 aliphatic heterocycles. The number of rotatable bonds is 8. The van der Waals surface area contributed by atoms with E-state index in [9.17, 15) is 14.0 Å². The average molecular weight is 501 g/mol. The topological polar surface area (TPSA) is 76.5 Å². The number of hydrogen-bond acceptors (Lipinski definition) is 4. The summed E-state index contributed by atoms with van der Waals surface area (Å²) in [4.78, 5) is 27.2. The molecule has 1 saturated heterocycles. The normalized spacial score (nSPS) is 13.5. The van der Waals surface area contributed by atoms with E-state index < -0.39 is 0 Å². The number of hydrogen-bond donors (Lipinski definition) is 1. The number of nitrogens with one attached hydrogen (secondary N) is 1. The monoisotopic (exact) mass is 500 g/mol. The van der Waals surface area contributed by atoms with Gasteiger partial charge < -0.3 is 15.0 Å². The van der Waals surface area contributed by atoms with Crippen molar-refractivity contribution in [2.24, 2.45) is 5.92 Å². The molecule has 0 saturated carbocycles. The van der Waals surface area contributed by atoms with Gasteiger partial charge in [-0.25, -0.2) is 4.39 Å². The first kappa shape index (κ1) is 24.6. The minimum absolute atomic E-state index is 0.00674. The van der Waals surface area contributed by atoms with Crippen LogP contribution in [0, 0.1) is 18.7 Å². The summed E-state index contributed by atoms with van der Waals surface area (Å²) in [5.74, 6) is -0.0722. The molecule has 2 amide bonds. The highest BCUT2D eigenvalue weighted by molar-refractivity contribution is 5.99. The van der Waals surface area contributed by atoms with Crippen molar-refractivity contribution in [2.75, 3.05) is 33.4 Å². The molecule has 0 atom stereocenters. The zero-order valence-corrected chi connectivity index (χ0v) is 20.9. The number of carbonyl (C=O) groups excluding carboxylic acids is 2. The molecule has 0 radical (unpaired) electrons. The Morgan fingerprint density at radius 3 is 2.41 bits per heavy atom. The van der Waals surface area contributed by atoms with Crippen LogP contribution < -0.4 is 5.32 Å². The fourth-order valence-electron chi connectivity index (χ4n) is 4.67. The van der Waals surface area contributed by atoms with Gasteiger partial charge in [0.1, 0.15) is 5.82 Å². The van der Waals surface area contributed by atoms with Crippen LogP contribution in [0.15, 0.2) is 66.9 Å². The molecule has 4 aromatic rings.